The van der Waals surface area contributed by atoms with Crippen molar-refractivity contribution in [3.8, 4) is 0 Å². The molecule has 1 aliphatic rings. The van der Waals surface area contributed by atoms with E-state index in [0.717, 1.165) is 42.9 Å². The summed E-state index contributed by atoms with van der Waals surface area (Å²) in [5, 5.41) is 13.8. The van der Waals surface area contributed by atoms with Crippen molar-refractivity contribution in [1.29, 1.82) is 0 Å². The number of anilines is 3. The first kappa shape index (κ1) is 17.8. The van der Waals surface area contributed by atoms with Gasteiger partial charge in [0.15, 0.2) is 0 Å². The van der Waals surface area contributed by atoms with Crippen molar-refractivity contribution in [2.24, 2.45) is 0 Å². The van der Waals surface area contributed by atoms with Crippen LogP contribution in [0.25, 0.3) is 10.9 Å². The van der Waals surface area contributed by atoms with Gasteiger partial charge in [0, 0.05) is 61.2 Å². The summed E-state index contributed by atoms with van der Waals surface area (Å²) >= 11 is 6.10. The summed E-state index contributed by atoms with van der Waals surface area (Å²) in [6, 6.07) is 9.83. The fourth-order valence-corrected chi connectivity index (χ4v) is 3.50. The van der Waals surface area contributed by atoms with Crippen LogP contribution in [0.2, 0.25) is 5.02 Å². The van der Waals surface area contributed by atoms with Crippen LogP contribution in [0.15, 0.2) is 42.7 Å². The van der Waals surface area contributed by atoms with Crippen LogP contribution in [0.4, 0.5) is 17.5 Å². The van der Waals surface area contributed by atoms with E-state index in [1.165, 1.54) is 5.69 Å². The molecule has 0 spiro atoms. The van der Waals surface area contributed by atoms with Gasteiger partial charge in [-0.15, -0.1) is 0 Å². The number of aromatic nitrogens is 3. The molecule has 8 heteroatoms. The molecule has 0 amide bonds. The van der Waals surface area contributed by atoms with E-state index >= 15 is 0 Å². The van der Waals surface area contributed by atoms with Gasteiger partial charge in [0.25, 0.3) is 0 Å². The standard InChI is InChI=1S/C19H21ClN6O/c20-14-1-2-15-16(13-14)21-5-3-17(15)25-8-10-26(11-9-25)18-4-6-22-19(24-18)23-7-12-27/h1-6,13,27H,7-12H2,(H,22,23,24). The molecule has 0 unspecified atom stereocenters. The highest BCUT2D eigenvalue weighted by molar-refractivity contribution is 6.31. The first-order chi connectivity index (χ1) is 13.2. The third-order valence-corrected chi connectivity index (χ3v) is 4.90. The summed E-state index contributed by atoms with van der Waals surface area (Å²) in [6.07, 6.45) is 3.58. The zero-order valence-electron chi connectivity index (χ0n) is 14.8. The largest absolute Gasteiger partial charge is 0.395 e. The van der Waals surface area contributed by atoms with Crippen molar-refractivity contribution in [3.05, 3.63) is 47.7 Å². The lowest BCUT2D eigenvalue weighted by molar-refractivity contribution is 0.311. The molecule has 27 heavy (non-hydrogen) atoms. The zero-order chi connectivity index (χ0) is 18.6. The lowest BCUT2D eigenvalue weighted by Crippen LogP contribution is -2.47. The molecule has 2 N–H and O–H groups in total. The number of hydrogen-bond donors (Lipinski definition) is 2. The topological polar surface area (TPSA) is 77.4 Å². The van der Waals surface area contributed by atoms with Gasteiger partial charge in [0.1, 0.15) is 5.82 Å². The Morgan fingerprint density at radius 1 is 1.00 bits per heavy atom. The molecule has 3 heterocycles. The summed E-state index contributed by atoms with van der Waals surface area (Å²) in [5.41, 5.74) is 2.10. The molecule has 1 aromatic carbocycles. The van der Waals surface area contributed by atoms with Crippen LogP contribution in [0, 0.1) is 0 Å². The number of nitrogens with zero attached hydrogens (tertiary/aromatic N) is 5. The summed E-state index contributed by atoms with van der Waals surface area (Å²) in [5.74, 6) is 1.44. The van der Waals surface area contributed by atoms with E-state index < -0.39 is 0 Å². The molecule has 0 atom stereocenters. The van der Waals surface area contributed by atoms with Crippen LogP contribution >= 0.6 is 11.6 Å². The fourth-order valence-electron chi connectivity index (χ4n) is 3.34. The van der Waals surface area contributed by atoms with Gasteiger partial charge in [-0.25, -0.2) is 4.98 Å². The molecule has 1 aliphatic heterocycles. The molecule has 1 fully saturated rings. The summed E-state index contributed by atoms with van der Waals surface area (Å²) in [6.45, 7) is 4.02. The Balaban J connectivity index is 1.48. The van der Waals surface area contributed by atoms with Crippen LogP contribution in [0.3, 0.4) is 0 Å². The van der Waals surface area contributed by atoms with Crippen molar-refractivity contribution >= 4 is 40.0 Å². The molecule has 1 saturated heterocycles. The minimum absolute atomic E-state index is 0.0529. The van der Waals surface area contributed by atoms with Gasteiger partial charge in [-0.3, -0.25) is 4.98 Å². The van der Waals surface area contributed by atoms with Crippen LogP contribution in [0.1, 0.15) is 0 Å². The second kappa shape index (κ2) is 7.94. The van der Waals surface area contributed by atoms with Crippen LogP contribution in [-0.2, 0) is 0 Å². The third kappa shape index (κ3) is 3.89. The monoisotopic (exact) mass is 384 g/mol. The van der Waals surface area contributed by atoms with Crippen molar-refractivity contribution in [2.75, 3.05) is 54.4 Å². The lowest BCUT2D eigenvalue weighted by atomic mass is 10.1. The highest BCUT2D eigenvalue weighted by Crippen LogP contribution is 2.28. The van der Waals surface area contributed by atoms with Gasteiger partial charge in [-0.1, -0.05) is 11.6 Å². The predicted molar refractivity (Wildman–Crippen MR) is 109 cm³/mol. The molecule has 4 rings (SSSR count). The van der Waals surface area contributed by atoms with E-state index in [1.807, 2.05) is 30.5 Å². The minimum Gasteiger partial charge on any atom is -0.395 e. The molecule has 0 radical (unpaired) electrons. The van der Waals surface area contributed by atoms with Crippen molar-refractivity contribution in [2.45, 2.75) is 0 Å². The van der Waals surface area contributed by atoms with Gasteiger partial charge in [-0.2, -0.15) is 4.98 Å². The number of piperazine rings is 1. The van der Waals surface area contributed by atoms with Crippen LogP contribution in [0.5, 0.6) is 0 Å². The van der Waals surface area contributed by atoms with Gasteiger partial charge in [0.2, 0.25) is 5.95 Å². The number of aliphatic hydroxyl groups excluding tert-OH is 1. The number of rotatable bonds is 5. The molecule has 0 bridgehead atoms. The first-order valence-corrected chi connectivity index (χ1v) is 9.34. The molecular weight excluding hydrogens is 364 g/mol. The SMILES string of the molecule is OCCNc1nccc(N2CCN(c3ccnc4cc(Cl)ccc34)CC2)n1. The van der Waals surface area contributed by atoms with E-state index in [9.17, 15) is 0 Å². The summed E-state index contributed by atoms with van der Waals surface area (Å²) < 4.78 is 0. The summed E-state index contributed by atoms with van der Waals surface area (Å²) in [7, 11) is 0. The van der Waals surface area contributed by atoms with E-state index in [-0.39, 0.29) is 6.61 Å². The smallest absolute Gasteiger partial charge is 0.224 e. The maximum Gasteiger partial charge on any atom is 0.224 e. The third-order valence-electron chi connectivity index (χ3n) is 4.66. The summed E-state index contributed by atoms with van der Waals surface area (Å²) in [4.78, 5) is 17.8. The number of benzene rings is 1. The fraction of sp³-hybridized carbons (Fsp3) is 0.316. The average Bonchev–Trinajstić information content (AvgIpc) is 2.72. The number of aliphatic hydroxyl groups is 1. The van der Waals surface area contributed by atoms with Crippen LogP contribution < -0.4 is 15.1 Å². The quantitative estimate of drug-likeness (QED) is 0.699. The van der Waals surface area contributed by atoms with Crippen molar-refractivity contribution in [3.63, 3.8) is 0 Å². The van der Waals surface area contributed by atoms with Gasteiger partial charge in [-0.05, 0) is 30.3 Å². The van der Waals surface area contributed by atoms with E-state index in [2.05, 4.69) is 36.1 Å². The maximum absolute atomic E-state index is 8.93. The number of nitrogens with one attached hydrogen (secondary N) is 1. The molecule has 0 aliphatic carbocycles. The second-order valence-electron chi connectivity index (χ2n) is 6.35. The Labute approximate surface area is 162 Å². The molecule has 0 saturated carbocycles. The van der Waals surface area contributed by atoms with Crippen LogP contribution in [-0.4, -0.2) is 59.4 Å². The molecular formula is C19H21ClN6O. The predicted octanol–water partition coefficient (Wildman–Crippen LogP) is 2.41. The molecule has 2 aromatic heterocycles. The number of hydrogen-bond acceptors (Lipinski definition) is 7. The average molecular weight is 385 g/mol. The number of fused-ring (bicyclic) bond motifs is 1. The minimum atomic E-state index is 0.0529. The van der Waals surface area contributed by atoms with Gasteiger partial charge < -0.3 is 20.2 Å². The maximum atomic E-state index is 8.93. The van der Waals surface area contributed by atoms with E-state index in [4.69, 9.17) is 16.7 Å². The van der Waals surface area contributed by atoms with E-state index in [1.54, 1.807) is 6.20 Å². The Hall–Kier alpha value is -2.64. The highest BCUT2D eigenvalue weighted by atomic mass is 35.5. The van der Waals surface area contributed by atoms with Gasteiger partial charge >= 0.3 is 0 Å². The van der Waals surface area contributed by atoms with Crippen molar-refractivity contribution < 1.29 is 5.11 Å². The normalized spacial score (nSPS) is 14.6. The molecule has 140 valence electrons. The number of halogens is 1. The second-order valence-corrected chi connectivity index (χ2v) is 6.79. The highest BCUT2D eigenvalue weighted by Gasteiger charge is 2.20. The lowest BCUT2D eigenvalue weighted by Gasteiger charge is -2.37. The Morgan fingerprint density at radius 3 is 2.59 bits per heavy atom. The zero-order valence-corrected chi connectivity index (χ0v) is 15.6. The van der Waals surface area contributed by atoms with Crippen molar-refractivity contribution in [1.82, 2.24) is 15.0 Å². The van der Waals surface area contributed by atoms with E-state index in [0.29, 0.717) is 17.5 Å². The van der Waals surface area contributed by atoms with Gasteiger partial charge in [0.05, 0.1) is 12.1 Å². The Morgan fingerprint density at radius 2 is 1.78 bits per heavy atom. The number of pyridine rings is 1. The molecule has 3 aromatic rings. The first-order valence-electron chi connectivity index (χ1n) is 8.96. The Bertz CT molecular complexity index is 929. The molecule has 7 nitrogen and oxygen atoms in total. The Kier molecular flexibility index (Phi) is 5.22.